The number of aryl methyl sites for hydroxylation is 2. The molecule has 0 fully saturated rings. The topological polar surface area (TPSA) is 46.4 Å². The fourth-order valence-corrected chi connectivity index (χ4v) is 4.65. The van der Waals surface area contributed by atoms with Crippen LogP contribution in [0.2, 0.25) is 0 Å². The van der Waals surface area contributed by atoms with E-state index in [0.29, 0.717) is 6.54 Å². The van der Waals surface area contributed by atoms with Crippen LogP contribution in [-0.4, -0.2) is 21.8 Å². The molecule has 0 saturated carbocycles. The van der Waals surface area contributed by atoms with Crippen molar-refractivity contribution >= 4 is 55.5 Å². The van der Waals surface area contributed by atoms with Gasteiger partial charge in [0.25, 0.3) is 0 Å². The predicted molar refractivity (Wildman–Crippen MR) is 100 cm³/mol. The van der Waals surface area contributed by atoms with Crippen molar-refractivity contribution in [3.05, 3.63) is 49.3 Å². The van der Waals surface area contributed by atoms with E-state index in [0.717, 1.165) is 26.6 Å². The van der Waals surface area contributed by atoms with Crippen LogP contribution >= 0.6 is 38.6 Å². The maximum Gasteiger partial charge on any atom is 0.244 e. The number of halogens is 1. The van der Waals surface area contributed by atoms with E-state index in [1.807, 2.05) is 29.7 Å². The molecule has 0 aliphatic heterocycles. The first-order valence-electron chi connectivity index (χ1n) is 7.18. The van der Waals surface area contributed by atoms with Gasteiger partial charge in [-0.05, 0) is 54.4 Å². The highest BCUT2D eigenvalue weighted by molar-refractivity contribution is 9.11. The Labute approximate surface area is 151 Å². The zero-order valence-corrected chi connectivity index (χ0v) is 16.0. The average molecular weight is 410 g/mol. The van der Waals surface area contributed by atoms with Crippen LogP contribution in [-0.2, 0) is 11.2 Å². The van der Waals surface area contributed by atoms with Crippen molar-refractivity contribution in [2.45, 2.75) is 20.3 Å². The summed E-state index contributed by atoms with van der Waals surface area (Å²) in [4.78, 5) is 19.9. The summed E-state index contributed by atoms with van der Waals surface area (Å²) < 4.78 is 3.15. The molecule has 0 aliphatic rings. The lowest BCUT2D eigenvalue weighted by atomic mass is 10.3. The van der Waals surface area contributed by atoms with E-state index in [4.69, 9.17) is 0 Å². The number of imidazole rings is 1. The molecule has 0 aromatic carbocycles. The van der Waals surface area contributed by atoms with E-state index in [2.05, 4.69) is 39.2 Å². The Bertz CT molecular complexity index is 875. The highest BCUT2D eigenvalue weighted by Gasteiger charge is 2.08. The van der Waals surface area contributed by atoms with Crippen molar-refractivity contribution in [2.75, 3.05) is 6.54 Å². The van der Waals surface area contributed by atoms with E-state index < -0.39 is 0 Å². The zero-order valence-electron chi connectivity index (χ0n) is 12.8. The first-order valence-corrected chi connectivity index (χ1v) is 9.61. The Hall–Kier alpha value is -1.44. The van der Waals surface area contributed by atoms with Crippen LogP contribution in [0.15, 0.2) is 28.2 Å². The Morgan fingerprint density at radius 2 is 2.22 bits per heavy atom. The molecule has 0 unspecified atom stereocenters. The average Bonchev–Trinajstić information content (AvgIpc) is 3.12. The van der Waals surface area contributed by atoms with E-state index in [-0.39, 0.29) is 5.91 Å². The van der Waals surface area contributed by atoms with Crippen molar-refractivity contribution in [1.29, 1.82) is 0 Å². The number of carbonyl (C=O) groups excluding carboxylic acids is 1. The molecule has 23 heavy (non-hydrogen) atoms. The number of carbonyl (C=O) groups is 1. The predicted octanol–water partition coefficient (Wildman–Crippen LogP) is 4.21. The number of fused-ring (bicyclic) bond motifs is 1. The van der Waals surface area contributed by atoms with Gasteiger partial charge in [0.1, 0.15) is 0 Å². The van der Waals surface area contributed by atoms with Gasteiger partial charge in [0.15, 0.2) is 4.96 Å². The monoisotopic (exact) mass is 409 g/mol. The summed E-state index contributed by atoms with van der Waals surface area (Å²) in [7, 11) is 0. The molecule has 1 N–H and O–H groups in total. The van der Waals surface area contributed by atoms with Crippen LogP contribution in [0.3, 0.4) is 0 Å². The summed E-state index contributed by atoms with van der Waals surface area (Å²) in [5, 5.41) is 2.91. The van der Waals surface area contributed by atoms with Crippen LogP contribution in [0.4, 0.5) is 0 Å². The third-order valence-electron chi connectivity index (χ3n) is 3.35. The highest BCUT2D eigenvalue weighted by Crippen LogP contribution is 2.22. The second kappa shape index (κ2) is 6.98. The number of aromatic nitrogens is 2. The smallest absolute Gasteiger partial charge is 0.244 e. The number of thiazole rings is 1. The van der Waals surface area contributed by atoms with E-state index in [1.54, 1.807) is 28.7 Å². The van der Waals surface area contributed by atoms with Gasteiger partial charge in [-0.15, -0.1) is 22.7 Å². The van der Waals surface area contributed by atoms with Crippen LogP contribution in [0.1, 0.15) is 21.1 Å². The molecule has 3 heterocycles. The van der Waals surface area contributed by atoms with Crippen LogP contribution in [0.5, 0.6) is 0 Å². The highest BCUT2D eigenvalue weighted by atomic mass is 79.9. The summed E-state index contributed by atoms with van der Waals surface area (Å²) in [6.07, 6.45) is 6.30. The minimum atomic E-state index is -0.0816. The molecule has 3 aromatic rings. The van der Waals surface area contributed by atoms with E-state index in [1.165, 1.54) is 9.75 Å². The molecule has 0 atom stereocenters. The van der Waals surface area contributed by atoms with Gasteiger partial charge in [-0.25, -0.2) is 4.98 Å². The first kappa shape index (κ1) is 16.4. The Kier molecular flexibility index (Phi) is 4.99. The molecule has 0 radical (unpaired) electrons. The second-order valence-corrected chi connectivity index (χ2v) is 8.92. The quantitative estimate of drug-likeness (QED) is 0.641. The van der Waals surface area contributed by atoms with Crippen molar-refractivity contribution in [1.82, 2.24) is 14.7 Å². The molecule has 120 valence electrons. The van der Waals surface area contributed by atoms with Gasteiger partial charge in [-0.1, -0.05) is 0 Å². The summed E-state index contributed by atoms with van der Waals surface area (Å²) in [5.74, 6) is -0.0816. The second-order valence-electron chi connectivity index (χ2n) is 5.16. The Morgan fingerprint density at radius 1 is 1.39 bits per heavy atom. The van der Waals surface area contributed by atoms with Gasteiger partial charge >= 0.3 is 0 Å². The normalized spacial score (nSPS) is 11.6. The Morgan fingerprint density at radius 3 is 2.96 bits per heavy atom. The van der Waals surface area contributed by atoms with Gasteiger partial charge in [-0.2, -0.15) is 0 Å². The van der Waals surface area contributed by atoms with Crippen molar-refractivity contribution in [3.63, 3.8) is 0 Å². The molecule has 7 heteroatoms. The third-order valence-corrected chi connectivity index (χ3v) is 5.94. The Balaban J connectivity index is 1.60. The molecule has 0 bridgehead atoms. The summed E-state index contributed by atoms with van der Waals surface area (Å²) in [6, 6.07) is 4.10. The minimum absolute atomic E-state index is 0.0816. The van der Waals surface area contributed by atoms with Crippen LogP contribution in [0, 0.1) is 13.8 Å². The number of rotatable bonds is 5. The van der Waals surface area contributed by atoms with E-state index in [9.17, 15) is 4.79 Å². The van der Waals surface area contributed by atoms with Crippen molar-refractivity contribution < 1.29 is 4.79 Å². The molecule has 0 spiro atoms. The number of hydrogen-bond acceptors (Lipinski definition) is 4. The molecular formula is C16H16BrN3OS2. The first-order chi connectivity index (χ1) is 11.0. The fourth-order valence-electron chi connectivity index (χ4n) is 2.29. The van der Waals surface area contributed by atoms with Gasteiger partial charge in [0.05, 0.1) is 15.2 Å². The maximum atomic E-state index is 12.0. The molecule has 4 nitrogen and oxygen atoms in total. The molecule has 0 aliphatic carbocycles. The van der Waals surface area contributed by atoms with Gasteiger partial charge in [0.2, 0.25) is 5.91 Å². The fraction of sp³-hybridized carbons (Fsp3) is 0.250. The number of amides is 1. The molecular weight excluding hydrogens is 394 g/mol. The van der Waals surface area contributed by atoms with Crippen LogP contribution in [0.25, 0.3) is 11.0 Å². The largest absolute Gasteiger partial charge is 0.352 e. The maximum absolute atomic E-state index is 12.0. The van der Waals surface area contributed by atoms with Gasteiger partial charge < -0.3 is 5.32 Å². The third kappa shape index (κ3) is 3.91. The van der Waals surface area contributed by atoms with Crippen molar-refractivity contribution in [3.8, 4) is 0 Å². The summed E-state index contributed by atoms with van der Waals surface area (Å²) >= 11 is 6.78. The lowest BCUT2D eigenvalue weighted by Crippen LogP contribution is -2.23. The van der Waals surface area contributed by atoms with Crippen LogP contribution < -0.4 is 5.32 Å². The lowest BCUT2D eigenvalue weighted by Gasteiger charge is -2.00. The van der Waals surface area contributed by atoms with Crippen molar-refractivity contribution in [2.24, 2.45) is 0 Å². The standard InChI is InChI=1S/C16H16BrN3OS2/c1-10-9-20-13(11(2)19-16(20)22-10)4-6-15(21)18-8-7-12-3-5-14(17)23-12/h3-6,9H,7-8H2,1-2H3,(H,18,21)/b6-4-. The minimum Gasteiger partial charge on any atom is -0.352 e. The van der Waals surface area contributed by atoms with Gasteiger partial charge in [-0.3, -0.25) is 9.20 Å². The molecule has 3 aromatic heterocycles. The summed E-state index contributed by atoms with van der Waals surface area (Å²) in [6.45, 7) is 4.65. The number of hydrogen-bond donors (Lipinski definition) is 1. The van der Waals surface area contributed by atoms with Gasteiger partial charge in [0, 0.05) is 28.6 Å². The molecule has 3 rings (SSSR count). The molecule has 0 saturated heterocycles. The lowest BCUT2D eigenvalue weighted by molar-refractivity contribution is -0.116. The number of nitrogens with zero attached hydrogens (tertiary/aromatic N) is 2. The molecule has 1 amide bonds. The zero-order chi connectivity index (χ0) is 16.4. The SMILES string of the molecule is Cc1cn2c(/C=C\C(=O)NCCc3ccc(Br)s3)c(C)nc2s1. The number of nitrogens with one attached hydrogen (secondary N) is 1. The number of thiophene rings is 1. The summed E-state index contributed by atoms with van der Waals surface area (Å²) in [5.41, 5.74) is 1.89. The van der Waals surface area contributed by atoms with E-state index >= 15 is 0 Å².